The summed E-state index contributed by atoms with van der Waals surface area (Å²) in [5.74, 6) is 0.847. The number of fused-ring (bicyclic) bond motifs is 1. The Morgan fingerprint density at radius 2 is 1.94 bits per heavy atom. The second-order valence-corrected chi connectivity index (χ2v) is 3.83. The molecular weight excluding hydrogens is 212 g/mol. The first-order valence-corrected chi connectivity index (χ1v) is 5.51. The van der Waals surface area contributed by atoms with Crippen LogP contribution in [0.5, 0.6) is 5.75 Å². The van der Waals surface area contributed by atoms with Crippen LogP contribution >= 0.6 is 0 Å². The molecule has 3 heteroatoms. The van der Waals surface area contributed by atoms with Crippen molar-refractivity contribution in [2.45, 2.75) is 6.61 Å². The summed E-state index contributed by atoms with van der Waals surface area (Å²) < 4.78 is 7.67. The average Bonchev–Trinajstić information content (AvgIpc) is 2.85. The van der Waals surface area contributed by atoms with Gasteiger partial charge >= 0.3 is 0 Å². The molecule has 3 rings (SSSR count). The molecule has 2 aromatic heterocycles. The third-order valence-electron chi connectivity index (χ3n) is 2.61. The molecule has 0 spiro atoms. The second kappa shape index (κ2) is 4.29. The summed E-state index contributed by atoms with van der Waals surface area (Å²) in [4.78, 5) is 4.19. The van der Waals surface area contributed by atoms with E-state index in [9.17, 15) is 0 Å². The molecule has 0 aliphatic carbocycles. The predicted molar refractivity (Wildman–Crippen MR) is 66.0 cm³/mol. The van der Waals surface area contributed by atoms with Gasteiger partial charge in [-0.05, 0) is 17.7 Å². The molecule has 0 unspecified atom stereocenters. The lowest BCUT2D eigenvalue weighted by Gasteiger charge is -2.06. The van der Waals surface area contributed by atoms with Gasteiger partial charge in [-0.15, -0.1) is 0 Å². The quantitative estimate of drug-likeness (QED) is 0.683. The van der Waals surface area contributed by atoms with Crippen LogP contribution in [0.2, 0.25) is 0 Å². The van der Waals surface area contributed by atoms with Crippen molar-refractivity contribution >= 4 is 5.65 Å². The molecule has 0 bridgehead atoms. The van der Waals surface area contributed by atoms with Gasteiger partial charge in [0.25, 0.3) is 0 Å². The Morgan fingerprint density at radius 1 is 1.06 bits per heavy atom. The molecule has 0 saturated heterocycles. The molecule has 3 nitrogen and oxygen atoms in total. The highest BCUT2D eigenvalue weighted by atomic mass is 16.5. The van der Waals surface area contributed by atoms with Crippen molar-refractivity contribution in [3.63, 3.8) is 0 Å². The zero-order valence-corrected chi connectivity index (χ0v) is 9.28. The summed E-state index contributed by atoms with van der Waals surface area (Å²) in [6, 6.07) is 14.0. The highest BCUT2D eigenvalue weighted by Gasteiger charge is 1.98. The molecule has 17 heavy (non-hydrogen) atoms. The number of hydrogen-bond acceptors (Lipinski definition) is 2. The van der Waals surface area contributed by atoms with Gasteiger partial charge in [-0.3, -0.25) is 0 Å². The fraction of sp³-hybridized carbons (Fsp3) is 0.0714. The molecule has 2 heterocycles. The van der Waals surface area contributed by atoms with Crippen LogP contribution in [0.15, 0.2) is 61.1 Å². The molecule has 0 aliphatic rings. The van der Waals surface area contributed by atoms with Gasteiger partial charge in [0, 0.05) is 12.4 Å². The first-order chi connectivity index (χ1) is 8.42. The first kappa shape index (κ1) is 9.90. The van der Waals surface area contributed by atoms with E-state index in [0.717, 1.165) is 11.4 Å². The minimum atomic E-state index is 0.584. The maximum atomic E-state index is 5.72. The van der Waals surface area contributed by atoms with Crippen LogP contribution in [0.25, 0.3) is 5.65 Å². The lowest BCUT2D eigenvalue weighted by molar-refractivity contribution is 0.304. The molecule has 84 valence electrons. The third kappa shape index (κ3) is 2.13. The first-order valence-electron chi connectivity index (χ1n) is 5.51. The van der Waals surface area contributed by atoms with E-state index in [1.165, 1.54) is 5.56 Å². The Kier molecular flexibility index (Phi) is 2.50. The van der Waals surface area contributed by atoms with E-state index in [1.807, 2.05) is 47.1 Å². The molecule has 0 amide bonds. The standard InChI is InChI=1S/C14H12N2O/c1-2-4-12(5-3-1)11-17-13-6-7-14-15-8-9-16(14)10-13/h1-10H,11H2. The van der Waals surface area contributed by atoms with Gasteiger partial charge in [0.1, 0.15) is 18.0 Å². The number of ether oxygens (including phenoxy) is 1. The Bertz CT molecular complexity index is 616. The van der Waals surface area contributed by atoms with Gasteiger partial charge in [0.2, 0.25) is 0 Å². The summed E-state index contributed by atoms with van der Waals surface area (Å²) in [7, 11) is 0. The number of imidazole rings is 1. The van der Waals surface area contributed by atoms with Crippen molar-refractivity contribution in [2.75, 3.05) is 0 Å². The molecule has 3 aromatic rings. The molecular formula is C14H12N2O. The zero-order chi connectivity index (χ0) is 11.5. The van der Waals surface area contributed by atoms with Gasteiger partial charge in [-0.25, -0.2) is 4.98 Å². The Labute approximate surface area is 99.3 Å². The summed E-state index contributed by atoms with van der Waals surface area (Å²) in [5.41, 5.74) is 2.09. The fourth-order valence-electron chi connectivity index (χ4n) is 1.73. The summed E-state index contributed by atoms with van der Waals surface area (Å²) in [6.07, 6.45) is 5.62. The zero-order valence-electron chi connectivity index (χ0n) is 9.28. The number of aromatic nitrogens is 2. The normalized spacial score (nSPS) is 10.6. The minimum Gasteiger partial charge on any atom is -0.487 e. The number of hydrogen-bond donors (Lipinski definition) is 0. The van der Waals surface area contributed by atoms with Gasteiger partial charge in [0.05, 0.1) is 6.20 Å². The van der Waals surface area contributed by atoms with Crippen molar-refractivity contribution in [1.82, 2.24) is 9.38 Å². The van der Waals surface area contributed by atoms with Crippen molar-refractivity contribution < 1.29 is 4.74 Å². The van der Waals surface area contributed by atoms with Crippen LogP contribution in [-0.4, -0.2) is 9.38 Å². The van der Waals surface area contributed by atoms with Gasteiger partial charge < -0.3 is 9.14 Å². The topological polar surface area (TPSA) is 26.5 Å². The highest BCUT2D eigenvalue weighted by Crippen LogP contribution is 2.14. The van der Waals surface area contributed by atoms with Crippen LogP contribution in [-0.2, 0) is 6.61 Å². The molecule has 0 radical (unpaired) electrons. The van der Waals surface area contributed by atoms with Crippen LogP contribution < -0.4 is 4.74 Å². The van der Waals surface area contributed by atoms with Crippen LogP contribution in [0.3, 0.4) is 0 Å². The second-order valence-electron chi connectivity index (χ2n) is 3.83. The maximum Gasteiger partial charge on any atom is 0.136 e. The third-order valence-corrected chi connectivity index (χ3v) is 2.61. The number of benzene rings is 1. The van der Waals surface area contributed by atoms with Crippen molar-refractivity contribution in [3.8, 4) is 5.75 Å². The van der Waals surface area contributed by atoms with Crippen LogP contribution in [0.1, 0.15) is 5.56 Å². The lowest BCUT2D eigenvalue weighted by atomic mass is 10.2. The minimum absolute atomic E-state index is 0.584. The van der Waals surface area contributed by atoms with E-state index in [2.05, 4.69) is 17.1 Å². The Hall–Kier alpha value is -2.29. The summed E-state index contributed by atoms with van der Waals surface area (Å²) in [6.45, 7) is 0.584. The lowest BCUT2D eigenvalue weighted by Crippen LogP contribution is -1.96. The number of pyridine rings is 1. The fourth-order valence-corrected chi connectivity index (χ4v) is 1.73. The molecule has 1 aromatic carbocycles. The van der Waals surface area contributed by atoms with Gasteiger partial charge in [0.15, 0.2) is 0 Å². The number of nitrogens with zero attached hydrogens (tertiary/aromatic N) is 2. The SMILES string of the molecule is c1ccc(COc2ccc3nccn3c2)cc1. The summed E-state index contributed by atoms with van der Waals surface area (Å²) >= 11 is 0. The average molecular weight is 224 g/mol. The molecule has 0 N–H and O–H groups in total. The predicted octanol–water partition coefficient (Wildman–Crippen LogP) is 2.91. The Morgan fingerprint density at radius 3 is 2.82 bits per heavy atom. The van der Waals surface area contributed by atoms with Crippen molar-refractivity contribution in [1.29, 1.82) is 0 Å². The van der Waals surface area contributed by atoms with Crippen LogP contribution in [0, 0.1) is 0 Å². The van der Waals surface area contributed by atoms with Crippen molar-refractivity contribution in [2.24, 2.45) is 0 Å². The van der Waals surface area contributed by atoms with Gasteiger partial charge in [-0.2, -0.15) is 0 Å². The van der Waals surface area contributed by atoms with E-state index in [-0.39, 0.29) is 0 Å². The van der Waals surface area contributed by atoms with Crippen molar-refractivity contribution in [3.05, 3.63) is 66.6 Å². The van der Waals surface area contributed by atoms with E-state index in [1.54, 1.807) is 6.20 Å². The van der Waals surface area contributed by atoms with E-state index < -0.39 is 0 Å². The smallest absolute Gasteiger partial charge is 0.136 e. The maximum absolute atomic E-state index is 5.72. The van der Waals surface area contributed by atoms with Gasteiger partial charge in [-0.1, -0.05) is 30.3 Å². The van der Waals surface area contributed by atoms with E-state index >= 15 is 0 Å². The van der Waals surface area contributed by atoms with E-state index in [4.69, 9.17) is 4.74 Å². The highest BCUT2D eigenvalue weighted by molar-refractivity contribution is 5.41. The Balaban J connectivity index is 1.76. The summed E-state index contributed by atoms with van der Waals surface area (Å²) in [5, 5.41) is 0. The molecule has 0 saturated carbocycles. The monoisotopic (exact) mass is 224 g/mol. The molecule has 0 atom stereocenters. The van der Waals surface area contributed by atoms with E-state index in [0.29, 0.717) is 6.61 Å². The molecule has 0 fully saturated rings. The largest absolute Gasteiger partial charge is 0.487 e. The number of rotatable bonds is 3. The molecule has 0 aliphatic heterocycles. The van der Waals surface area contributed by atoms with Crippen LogP contribution in [0.4, 0.5) is 0 Å².